The summed E-state index contributed by atoms with van der Waals surface area (Å²) in [5, 5.41) is 0. The van der Waals surface area contributed by atoms with Crippen molar-refractivity contribution in [1.29, 1.82) is 0 Å². The number of ether oxygens (including phenoxy) is 2. The third kappa shape index (κ3) is 3.55. The number of nitrogens with two attached hydrogens (primary N) is 1. The first kappa shape index (κ1) is 15.2. The molecule has 0 radical (unpaired) electrons. The Hall–Kier alpha value is -0.900. The van der Waals surface area contributed by atoms with Gasteiger partial charge in [-0.15, -0.1) is 0 Å². The molecule has 0 bridgehead atoms. The van der Waals surface area contributed by atoms with Crippen LogP contribution in [0, 0.1) is 0 Å². The number of carbonyl (C=O) groups is 1. The fourth-order valence-corrected chi connectivity index (χ4v) is 3.26. The van der Waals surface area contributed by atoms with E-state index in [1.807, 2.05) is 4.72 Å². The topological polar surface area (TPSA) is 111 Å². The van der Waals surface area contributed by atoms with Gasteiger partial charge in [-0.3, -0.25) is 0 Å². The van der Waals surface area contributed by atoms with E-state index in [2.05, 4.69) is 4.74 Å². The Labute approximate surface area is 107 Å². The minimum Gasteiger partial charge on any atom is -0.452 e. The molecule has 9 heteroatoms. The molecular weight excluding hydrogens is 262 g/mol. The fraction of sp³-hybridized carbons (Fsp3) is 0.889. The summed E-state index contributed by atoms with van der Waals surface area (Å²) in [6.45, 7) is 0.425. The predicted octanol–water partition coefficient (Wildman–Crippen LogP) is -0.975. The van der Waals surface area contributed by atoms with E-state index >= 15 is 0 Å². The Morgan fingerprint density at radius 1 is 1.50 bits per heavy atom. The largest absolute Gasteiger partial charge is 0.452 e. The van der Waals surface area contributed by atoms with Gasteiger partial charge in [0, 0.05) is 26.2 Å². The number of methoxy groups -OCH3 is 2. The van der Waals surface area contributed by atoms with E-state index in [-0.39, 0.29) is 25.2 Å². The summed E-state index contributed by atoms with van der Waals surface area (Å²) in [5.74, 6) is 0. The van der Waals surface area contributed by atoms with Crippen LogP contribution >= 0.6 is 0 Å². The average Bonchev–Trinajstić information content (AvgIpc) is 2.37. The van der Waals surface area contributed by atoms with Gasteiger partial charge in [0.25, 0.3) is 0 Å². The second-order valence-corrected chi connectivity index (χ2v) is 5.60. The van der Waals surface area contributed by atoms with Gasteiger partial charge in [0.2, 0.25) is 0 Å². The highest BCUT2D eigenvalue weighted by atomic mass is 32.2. The molecule has 2 atom stereocenters. The molecule has 106 valence electrons. The standard InChI is InChI=1S/C9H19N3O5S/c1-16-8-3-4-12(7(5-8)6-10)18(14,15)11-9(13)17-2/h7-8H,3-6,10H2,1-2H3,(H,11,13). The maximum atomic E-state index is 11.9. The summed E-state index contributed by atoms with van der Waals surface area (Å²) < 4.78 is 36.3. The van der Waals surface area contributed by atoms with Crippen molar-refractivity contribution in [3.8, 4) is 0 Å². The molecule has 2 unspecified atom stereocenters. The number of amides is 1. The number of hydrogen-bond donors (Lipinski definition) is 2. The number of nitrogens with one attached hydrogen (secondary N) is 1. The monoisotopic (exact) mass is 281 g/mol. The number of piperidine rings is 1. The molecule has 1 rings (SSSR count). The summed E-state index contributed by atoms with van der Waals surface area (Å²) >= 11 is 0. The predicted molar refractivity (Wildman–Crippen MR) is 64.0 cm³/mol. The molecule has 0 aromatic carbocycles. The van der Waals surface area contributed by atoms with Crippen LogP contribution in [0.15, 0.2) is 0 Å². The molecule has 1 aliphatic rings. The summed E-state index contributed by atoms with van der Waals surface area (Å²) in [6, 6.07) is -0.383. The lowest BCUT2D eigenvalue weighted by atomic mass is 10.0. The van der Waals surface area contributed by atoms with Crippen LogP contribution in [0.2, 0.25) is 0 Å². The molecular formula is C9H19N3O5S. The minimum absolute atomic E-state index is 0.0110. The van der Waals surface area contributed by atoms with Crippen molar-refractivity contribution in [1.82, 2.24) is 9.03 Å². The van der Waals surface area contributed by atoms with Crippen molar-refractivity contribution in [3.63, 3.8) is 0 Å². The number of rotatable bonds is 4. The Morgan fingerprint density at radius 3 is 2.67 bits per heavy atom. The second-order valence-electron chi connectivity index (χ2n) is 3.98. The first-order chi connectivity index (χ1) is 8.44. The zero-order valence-electron chi connectivity index (χ0n) is 10.5. The first-order valence-electron chi connectivity index (χ1n) is 5.55. The maximum Gasteiger partial charge on any atom is 0.421 e. The van der Waals surface area contributed by atoms with Gasteiger partial charge in [0.05, 0.1) is 13.2 Å². The molecule has 0 saturated carbocycles. The van der Waals surface area contributed by atoms with Gasteiger partial charge in [-0.1, -0.05) is 0 Å². The molecule has 1 saturated heterocycles. The van der Waals surface area contributed by atoms with E-state index in [4.69, 9.17) is 10.5 Å². The average molecular weight is 281 g/mol. The smallest absolute Gasteiger partial charge is 0.421 e. The van der Waals surface area contributed by atoms with Crippen molar-refractivity contribution in [2.75, 3.05) is 27.3 Å². The van der Waals surface area contributed by atoms with Crippen LogP contribution in [-0.4, -0.2) is 58.3 Å². The normalized spacial score (nSPS) is 25.7. The van der Waals surface area contributed by atoms with Crippen molar-refractivity contribution in [3.05, 3.63) is 0 Å². The molecule has 0 aromatic heterocycles. The Bertz CT molecular complexity index is 386. The molecule has 0 spiro atoms. The van der Waals surface area contributed by atoms with E-state index in [1.54, 1.807) is 7.11 Å². The molecule has 1 heterocycles. The summed E-state index contributed by atoms with van der Waals surface area (Å²) in [6.07, 6.45) is 0.0484. The van der Waals surface area contributed by atoms with Crippen LogP contribution in [-0.2, 0) is 19.7 Å². The van der Waals surface area contributed by atoms with Crippen molar-refractivity contribution < 1.29 is 22.7 Å². The lowest BCUT2D eigenvalue weighted by Crippen LogP contribution is -2.55. The highest BCUT2D eigenvalue weighted by Gasteiger charge is 2.36. The number of nitrogens with zero attached hydrogens (tertiary/aromatic N) is 1. The molecule has 1 aliphatic heterocycles. The van der Waals surface area contributed by atoms with Crippen molar-refractivity contribution in [2.45, 2.75) is 25.0 Å². The van der Waals surface area contributed by atoms with Crippen LogP contribution in [0.5, 0.6) is 0 Å². The van der Waals surface area contributed by atoms with Crippen LogP contribution < -0.4 is 10.5 Å². The van der Waals surface area contributed by atoms with Gasteiger partial charge < -0.3 is 15.2 Å². The number of hydrogen-bond acceptors (Lipinski definition) is 6. The molecule has 0 aromatic rings. The van der Waals surface area contributed by atoms with Gasteiger partial charge in [-0.05, 0) is 12.8 Å². The first-order valence-corrected chi connectivity index (χ1v) is 6.99. The van der Waals surface area contributed by atoms with Crippen LogP contribution in [0.3, 0.4) is 0 Å². The highest BCUT2D eigenvalue weighted by Crippen LogP contribution is 2.21. The Kier molecular flexibility index (Phi) is 5.32. The Morgan fingerprint density at radius 2 is 2.17 bits per heavy atom. The van der Waals surface area contributed by atoms with Crippen molar-refractivity contribution in [2.24, 2.45) is 5.73 Å². The molecule has 3 N–H and O–H groups in total. The molecule has 1 fully saturated rings. The second kappa shape index (κ2) is 6.32. The fourth-order valence-electron chi connectivity index (χ4n) is 1.94. The minimum atomic E-state index is -3.91. The van der Waals surface area contributed by atoms with E-state index in [0.29, 0.717) is 12.8 Å². The lowest BCUT2D eigenvalue weighted by Gasteiger charge is -2.36. The van der Waals surface area contributed by atoms with Gasteiger partial charge >= 0.3 is 16.3 Å². The number of carbonyl (C=O) groups excluding carboxylic acids is 1. The SMILES string of the molecule is COC(=O)NS(=O)(=O)N1CCC(OC)CC1CN. The van der Waals surface area contributed by atoms with E-state index in [9.17, 15) is 13.2 Å². The quantitative estimate of drug-likeness (QED) is 0.685. The molecule has 0 aliphatic carbocycles. The zero-order chi connectivity index (χ0) is 13.8. The van der Waals surface area contributed by atoms with Gasteiger partial charge in [-0.25, -0.2) is 9.52 Å². The zero-order valence-corrected chi connectivity index (χ0v) is 11.3. The van der Waals surface area contributed by atoms with E-state index < -0.39 is 16.3 Å². The summed E-state index contributed by atoms with van der Waals surface area (Å²) in [7, 11) is -1.24. The van der Waals surface area contributed by atoms with Crippen LogP contribution in [0.1, 0.15) is 12.8 Å². The Balaban J connectivity index is 2.78. The lowest BCUT2D eigenvalue weighted by molar-refractivity contribution is 0.0398. The van der Waals surface area contributed by atoms with Gasteiger partial charge in [0.15, 0.2) is 0 Å². The van der Waals surface area contributed by atoms with E-state index in [1.165, 1.54) is 4.31 Å². The molecule has 8 nitrogen and oxygen atoms in total. The third-order valence-corrected chi connectivity index (χ3v) is 4.45. The molecule has 18 heavy (non-hydrogen) atoms. The van der Waals surface area contributed by atoms with E-state index in [0.717, 1.165) is 7.11 Å². The van der Waals surface area contributed by atoms with Crippen LogP contribution in [0.4, 0.5) is 4.79 Å². The molecule has 1 amide bonds. The third-order valence-electron chi connectivity index (χ3n) is 2.93. The summed E-state index contributed by atoms with van der Waals surface area (Å²) in [5.41, 5.74) is 5.56. The van der Waals surface area contributed by atoms with Gasteiger partial charge in [-0.2, -0.15) is 12.7 Å². The summed E-state index contributed by atoms with van der Waals surface area (Å²) in [4.78, 5) is 11.0. The van der Waals surface area contributed by atoms with Crippen molar-refractivity contribution >= 4 is 16.3 Å². The van der Waals surface area contributed by atoms with Gasteiger partial charge in [0.1, 0.15) is 0 Å². The highest BCUT2D eigenvalue weighted by molar-refractivity contribution is 7.87. The maximum absolute atomic E-state index is 11.9. The van der Waals surface area contributed by atoms with Crippen LogP contribution in [0.25, 0.3) is 0 Å².